The van der Waals surface area contributed by atoms with Gasteiger partial charge in [-0.25, -0.2) is 14.4 Å². The van der Waals surface area contributed by atoms with Crippen molar-refractivity contribution in [2.45, 2.75) is 111 Å². The number of hydrogen-bond acceptors (Lipinski definition) is 8. The Morgan fingerprint density at radius 1 is 0.875 bits per heavy atom. The van der Waals surface area contributed by atoms with Crippen molar-refractivity contribution in [1.29, 1.82) is 0 Å². The van der Waals surface area contributed by atoms with E-state index in [4.69, 9.17) is 9.47 Å². The Kier molecular flexibility index (Phi) is 17.9. The molecule has 1 aliphatic heterocycles. The molecular formula is C42H59N5O9. The van der Waals surface area contributed by atoms with Crippen LogP contribution in [0.15, 0.2) is 72.8 Å². The van der Waals surface area contributed by atoms with E-state index in [9.17, 15) is 33.9 Å². The lowest BCUT2D eigenvalue weighted by Gasteiger charge is -2.30. The molecule has 5 atom stereocenters. The summed E-state index contributed by atoms with van der Waals surface area (Å²) in [6.07, 6.45) is 4.09. The number of carboxylic acids is 1. The molecule has 56 heavy (non-hydrogen) atoms. The molecule has 0 radical (unpaired) electrons. The molecule has 0 spiro atoms. The molecule has 3 rings (SSSR count). The zero-order chi connectivity index (χ0) is 41.3. The van der Waals surface area contributed by atoms with Gasteiger partial charge in [-0.3, -0.25) is 14.4 Å². The molecule has 0 saturated carbocycles. The van der Waals surface area contributed by atoms with Crippen LogP contribution in [-0.4, -0.2) is 82.8 Å². The third kappa shape index (κ3) is 16.1. The molecular weight excluding hydrogens is 718 g/mol. The second kappa shape index (κ2) is 22.2. The fraction of sp³-hybridized carbons (Fsp3) is 0.524. The fourth-order valence-corrected chi connectivity index (χ4v) is 6.15. The molecule has 0 unspecified atom stereocenters. The number of ether oxygens (including phenoxy) is 2. The van der Waals surface area contributed by atoms with E-state index in [1.807, 2.05) is 86.7 Å². The van der Waals surface area contributed by atoms with Crippen molar-refractivity contribution in [1.82, 2.24) is 26.2 Å². The molecule has 2 aromatic rings. The zero-order valence-electron chi connectivity index (χ0n) is 33.4. The van der Waals surface area contributed by atoms with E-state index in [0.717, 1.165) is 11.1 Å². The van der Waals surface area contributed by atoms with Crippen molar-refractivity contribution in [2.24, 2.45) is 17.8 Å². The predicted molar refractivity (Wildman–Crippen MR) is 211 cm³/mol. The van der Waals surface area contributed by atoms with E-state index in [0.29, 0.717) is 32.2 Å². The maximum atomic E-state index is 14.2. The minimum Gasteiger partial charge on any atom is -0.480 e. The monoisotopic (exact) mass is 777 g/mol. The van der Waals surface area contributed by atoms with Gasteiger partial charge in [-0.1, -0.05) is 86.7 Å². The summed E-state index contributed by atoms with van der Waals surface area (Å²) < 4.78 is 10.6. The summed E-state index contributed by atoms with van der Waals surface area (Å²) in [7, 11) is 0. The van der Waals surface area contributed by atoms with Crippen LogP contribution in [0.4, 0.5) is 9.59 Å². The lowest BCUT2D eigenvalue weighted by Crippen LogP contribution is -2.53. The highest BCUT2D eigenvalue weighted by atomic mass is 16.6. The Morgan fingerprint density at radius 3 is 2.12 bits per heavy atom. The molecule has 0 bridgehead atoms. The molecule has 1 saturated heterocycles. The molecule has 0 aromatic heterocycles. The standard InChI is InChI=1S/C42H59N5O9/c1-28(2)25-33(44-41(54)56-42(4,5)6)22-21-32(26-30-15-9-7-10-16-30)38(50)47-24-14-20-35(47)46-37(49)29(3)36(48)45-34(39(51)52)19-13-23-43-40(53)55-27-31-17-11-8-12-18-31/h7-12,15-18,21-22,28-29,32-35H,13-14,19-20,23-27H2,1-6H3,(H,43,53)(H,44,54)(H,45,48)(H,46,49)(H,51,52)/b22-21+/t29-,32+,33+,34-,35-/m0/s1. The first-order chi connectivity index (χ1) is 26.5. The van der Waals surface area contributed by atoms with Crippen molar-refractivity contribution < 1.29 is 43.3 Å². The van der Waals surface area contributed by atoms with E-state index in [1.165, 1.54) is 6.92 Å². The van der Waals surface area contributed by atoms with E-state index in [-0.39, 0.29) is 37.8 Å². The number of likely N-dealkylation sites (tertiary alicyclic amines) is 1. The summed E-state index contributed by atoms with van der Waals surface area (Å²) in [4.78, 5) is 78.9. The van der Waals surface area contributed by atoms with E-state index >= 15 is 0 Å². The molecule has 14 nitrogen and oxygen atoms in total. The average Bonchev–Trinajstić information content (AvgIpc) is 3.60. The van der Waals surface area contributed by atoms with Gasteiger partial charge in [-0.15, -0.1) is 0 Å². The van der Waals surface area contributed by atoms with E-state index in [1.54, 1.807) is 25.7 Å². The number of carboxylic acid groups (broad SMARTS) is 1. The van der Waals surface area contributed by atoms with Crippen LogP contribution in [0.2, 0.25) is 0 Å². The van der Waals surface area contributed by atoms with Crippen molar-refractivity contribution in [3.05, 3.63) is 83.9 Å². The smallest absolute Gasteiger partial charge is 0.408 e. The Morgan fingerprint density at radius 2 is 1.52 bits per heavy atom. The zero-order valence-corrected chi connectivity index (χ0v) is 33.4. The summed E-state index contributed by atoms with van der Waals surface area (Å²) in [6.45, 7) is 11.4. The lowest BCUT2D eigenvalue weighted by atomic mass is 9.95. The van der Waals surface area contributed by atoms with Crippen molar-refractivity contribution >= 4 is 35.9 Å². The van der Waals surface area contributed by atoms with Crippen LogP contribution in [0.25, 0.3) is 0 Å². The summed E-state index contributed by atoms with van der Waals surface area (Å²) in [6, 6.07) is 17.0. The van der Waals surface area contributed by atoms with Gasteiger partial charge in [0.1, 0.15) is 30.3 Å². The van der Waals surface area contributed by atoms with Crippen LogP contribution in [0.3, 0.4) is 0 Å². The highest BCUT2D eigenvalue weighted by molar-refractivity contribution is 6.01. The third-order valence-electron chi connectivity index (χ3n) is 9.02. The SMILES string of the molecule is CC(C)C[C@@H](/C=C/[C@H](Cc1ccccc1)C(=O)N1CCC[C@H]1NC(=O)[C@@H](C)C(=O)N[C@@H](CCCNC(=O)OCc1ccccc1)C(=O)O)NC(=O)OC(C)(C)C. The molecule has 5 amide bonds. The van der Waals surface area contributed by atoms with Gasteiger partial charge in [0.25, 0.3) is 0 Å². The minimum atomic E-state index is -1.29. The number of hydrogen-bond donors (Lipinski definition) is 5. The van der Waals surface area contributed by atoms with Gasteiger partial charge in [0.15, 0.2) is 0 Å². The van der Waals surface area contributed by atoms with Crippen molar-refractivity contribution in [2.75, 3.05) is 13.1 Å². The first-order valence-corrected chi connectivity index (χ1v) is 19.3. The van der Waals surface area contributed by atoms with Crippen molar-refractivity contribution in [3.8, 4) is 0 Å². The minimum absolute atomic E-state index is 0.000915. The fourth-order valence-electron chi connectivity index (χ4n) is 6.15. The molecule has 1 aliphatic rings. The van der Waals surface area contributed by atoms with Crippen LogP contribution < -0.4 is 21.3 Å². The summed E-state index contributed by atoms with van der Waals surface area (Å²) in [5.74, 6) is -4.55. The van der Waals surface area contributed by atoms with Crippen LogP contribution in [0.1, 0.15) is 84.8 Å². The Labute approximate surface area is 330 Å². The molecule has 5 N–H and O–H groups in total. The Bertz CT molecular complexity index is 1630. The van der Waals surface area contributed by atoms with Gasteiger partial charge in [0.05, 0.1) is 12.0 Å². The summed E-state index contributed by atoms with van der Waals surface area (Å²) in [5.41, 5.74) is 1.09. The van der Waals surface area contributed by atoms with Gasteiger partial charge >= 0.3 is 18.2 Å². The summed E-state index contributed by atoms with van der Waals surface area (Å²) in [5, 5.41) is 20.5. The van der Waals surface area contributed by atoms with Gasteiger partial charge < -0.3 is 40.7 Å². The number of alkyl carbamates (subject to hydrolysis) is 2. The maximum Gasteiger partial charge on any atom is 0.408 e. The first kappa shape index (κ1) is 45.0. The number of amides is 5. The number of rotatable bonds is 19. The van der Waals surface area contributed by atoms with E-state index < -0.39 is 65.7 Å². The van der Waals surface area contributed by atoms with Crippen LogP contribution >= 0.6 is 0 Å². The molecule has 2 aromatic carbocycles. The number of carbonyl (C=O) groups is 6. The average molecular weight is 778 g/mol. The van der Waals surface area contributed by atoms with Crippen LogP contribution in [0, 0.1) is 17.8 Å². The molecule has 1 fully saturated rings. The summed E-state index contributed by atoms with van der Waals surface area (Å²) >= 11 is 0. The topological polar surface area (TPSA) is 192 Å². The van der Waals surface area contributed by atoms with Crippen molar-refractivity contribution in [3.63, 3.8) is 0 Å². The Hall–Kier alpha value is -5.40. The quantitative estimate of drug-likeness (QED) is 0.0714. The normalized spacial score (nSPS) is 16.3. The molecule has 306 valence electrons. The third-order valence-corrected chi connectivity index (χ3v) is 9.02. The number of benzene rings is 2. The second-order valence-corrected chi connectivity index (χ2v) is 15.5. The second-order valence-electron chi connectivity index (χ2n) is 15.5. The lowest BCUT2D eigenvalue weighted by molar-refractivity contribution is -0.144. The Balaban J connectivity index is 1.61. The first-order valence-electron chi connectivity index (χ1n) is 19.3. The van der Waals surface area contributed by atoms with Gasteiger partial charge in [-0.05, 0) is 83.3 Å². The highest BCUT2D eigenvalue weighted by Crippen LogP contribution is 2.23. The number of nitrogens with zero attached hydrogens (tertiary/aromatic N) is 1. The van der Waals surface area contributed by atoms with Crippen LogP contribution in [-0.2, 0) is 41.7 Å². The van der Waals surface area contributed by atoms with Gasteiger partial charge in [-0.2, -0.15) is 0 Å². The van der Waals surface area contributed by atoms with E-state index in [2.05, 4.69) is 21.3 Å². The van der Waals surface area contributed by atoms with Gasteiger partial charge in [0, 0.05) is 13.1 Å². The largest absolute Gasteiger partial charge is 0.480 e. The molecule has 0 aliphatic carbocycles. The number of carbonyl (C=O) groups excluding carboxylic acids is 5. The number of nitrogens with one attached hydrogen (secondary N) is 4. The number of aliphatic carboxylic acids is 1. The van der Waals surface area contributed by atoms with Crippen LogP contribution in [0.5, 0.6) is 0 Å². The highest BCUT2D eigenvalue weighted by Gasteiger charge is 2.36. The molecule has 1 heterocycles. The maximum absolute atomic E-state index is 14.2. The predicted octanol–water partition coefficient (Wildman–Crippen LogP) is 5.32. The van der Waals surface area contributed by atoms with Gasteiger partial charge in [0.2, 0.25) is 17.7 Å². The molecule has 14 heteroatoms.